The third kappa shape index (κ3) is 5.54. The first-order valence-corrected chi connectivity index (χ1v) is 7.10. The molecule has 1 aromatic carbocycles. The number of nitrogens with one attached hydrogen (secondary N) is 1. The molecule has 0 aliphatic carbocycles. The van der Waals surface area contributed by atoms with Gasteiger partial charge >= 0.3 is 0 Å². The van der Waals surface area contributed by atoms with Gasteiger partial charge in [-0.25, -0.2) is 0 Å². The van der Waals surface area contributed by atoms with Crippen molar-refractivity contribution < 1.29 is 4.74 Å². The van der Waals surface area contributed by atoms with E-state index in [0.717, 1.165) is 18.9 Å². The van der Waals surface area contributed by atoms with E-state index in [-0.39, 0.29) is 0 Å². The van der Waals surface area contributed by atoms with Crippen molar-refractivity contribution in [3.8, 4) is 5.75 Å². The fourth-order valence-electron chi connectivity index (χ4n) is 1.81. The molecule has 0 unspecified atom stereocenters. The quantitative estimate of drug-likeness (QED) is 0.752. The minimum Gasteiger partial charge on any atom is -0.493 e. The van der Waals surface area contributed by atoms with Crippen molar-refractivity contribution in [2.45, 2.75) is 53.1 Å². The maximum absolute atomic E-state index is 5.87. The van der Waals surface area contributed by atoms with Crippen LogP contribution in [-0.2, 0) is 6.54 Å². The fourth-order valence-corrected chi connectivity index (χ4v) is 1.81. The van der Waals surface area contributed by atoms with E-state index < -0.39 is 0 Å². The maximum atomic E-state index is 5.87. The molecule has 0 radical (unpaired) electrons. The molecule has 1 aromatic rings. The molecule has 0 saturated carbocycles. The Hall–Kier alpha value is -1.02. The van der Waals surface area contributed by atoms with E-state index in [1.165, 1.54) is 18.4 Å². The van der Waals surface area contributed by atoms with Crippen LogP contribution in [0.1, 0.15) is 46.1 Å². The lowest BCUT2D eigenvalue weighted by molar-refractivity contribution is 0.240. The summed E-state index contributed by atoms with van der Waals surface area (Å²) in [5, 5.41) is 3.42. The first kappa shape index (κ1) is 15.0. The van der Waals surface area contributed by atoms with E-state index in [0.29, 0.717) is 12.0 Å². The molecule has 0 bridgehead atoms. The summed E-state index contributed by atoms with van der Waals surface area (Å²) in [4.78, 5) is 0. The Morgan fingerprint density at radius 1 is 1.17 bits per heavy atom. The van der Waals surface area contributed by atoms with E-state index in [1.54, 1.807) is 0 Å². The van der Waals surface area contributed by atoms with Crippen LogP contribution in [0.4, 0.5) is 0 Å². The molecule has 1 rings (SSSR count). The van der Waals surface area contributed by atoms with E-state index in [2.05, 4.69) is 51.2 Å². The second-order valence-corrected chi connectivity index (χ2v) is 5.18. The van der Waals surface area contributed by atoms with Crippen LogP contribution in [0.5, 0.6) is 5.75 Å². The number of benzene rings is 1. The zero-order chi connectivity index (χ0) is 13.4. The molecular weight excluding hydrogens is 222 g/mol. The third-order valence-corrected chi connectivity index (χ3v) is 3.25. The summed E-state index contributed by atoms with van der Waals surface area (Å²) in [5.74, 6) is 1.66. The summed E-state index contributed by atoms with van der Waals surface area (Å²) >= 11 is 0. The zero-order valence-electron chi connectivity index (χ0n) is 12.2. The van der Waals surface area contributed by atoms with E-state index >= 15 is 0 Å². The molecule has 102 valence electrons. The Morgan fingerprint density at radius 2 is 1.89 bits per heavy atom. The van der Waals surface area contributed by atoms with Crippen LogP contribution in [0.2, 0.25) is 0 Å². The SMILES string of the molecule is CCC(CC)COc1cccc(CNC(C)C)c1. The largest absolute Gasteiger partial charge is 0.493 e. The summed E-state index contributed by atoms with van der Waals surface area (Å²) < 4.78 is 5.87. The van der Waals surface area contributed by atoms with Gasteiger partial charge in [-0.05, 0) is 23.6 Å². The molecule has 0 aromatic heterocycles. The molecule has 0 fully saturated rings. The minimum absolute atomic E-state index is 0.513. The van der Waals surface area contributed by atoms with Crippen LogP contribution < -0.4 is 10.1 Å². The van der Waals surface area contributed by atoms with Gasteiger partial charge in [0.15, 0.2) is 0 Å². The molecule has 0 saturated heterocycles. The molecule has 1 N–H and O–H groups in total. The van der Waals surface area contributed by atoms with Crippen LogP contribution in [-0.4, -0.2) is 12.6 Å². The average molecular weight is 249 g/mol. The summed E-state index contributed by atoms with van der Waals surface area (Å²) in [5.41, 5.74) is 1.28. The maximum Gasteiger partial charge on any atom is 0.119 e. The van der Waals surface area contributed by atoms with Crippen LogP contribution >= 0.6 is 0 Å². The highest BCUT2D eigenvalue weighted by Crippen LogP contribution is 2.16. The molecular formula is C16H27NO. The van der Waals surface area contributed by atoms with Gasteiger partial charge < -0.3 is 10.1 Å². The van der Waals surface area contributed by atoms with Gasteiger partial charge in [-0.1, -0.05) is 52.7 Å². The highest BCUT2D eigenvalue weighted by Gasteiger charge is 2.05. The minimum atomic E-state index is 0.513. The predicted octanol–water partition coefficient (Wildman–Crippen LogP) is 4.00. The molecule has 0 aliphatic heterocycles. The lowest BCUT2D eigenvalue weighted by Crippen LogP contribution is -2.21. The standard InChI is InChI=1S/C16H27NO/c1-5-14(6-2)12-18-16-9-7-8-15(10-16)11-17-13(3)4/h7-10,13-14,17H,5-6,11-12H2,1-4H3. The Bertz CT molecular complexity index is 332. The van der Waals surface area contributed by atoms with E-state index in [1.807, 2.05) is 6.07 Å². The van der Waals surface area contributed by atoms with E-state index in [9.17, 15) is 0 Å². The Balaban J connectivity index is 2.48. The van der Waals surface area contributed by atoms with Crippen molar-refractivity contribution in [1.82, 2.24) is 5.32 Å². The highest BCUT2D eigenvalue weighted by atomic mass is 16.5. The number of hydrogen-bond acceptors (Lipinski definition) is 2. The molecule has 2 nitrogen and oxygen atoms in total. The van der Waals surface area contributed by atoms with Crippen molar-refractivity contribution in [1.29, 1.82) is 0 Å². The summed E-state index contributed by atoms with van der Waals surface area (Å²) in [6.45, 7) is 10.5. The summed E-state index contributed by atoms with van der Waals surface area (Å²) in [6, 6.07) is 8.90. The monoisotopic (exact) mass is 249 g/mol. The Labute approximate surface area is 112 Å². The molecule has 0 spiro atoms. The van der Waals surface area contributed by atoms with Crippen LogP contribution in [0.3, 0.4) is 0 Å². The Morgan fingerprint density at radius 3 is 2.50 bits per heavy atom. The molecule has 2 heteroatoms. The van der Waals surface area contributed by atoms with Gasteiger partial charge in [0.25, 0.3) is 0 Å². The van der Waals surface area contributed by atoms with E-state index in [4.69, 9.17) is 4.74 Å². The second-order valence-electron chi connectivity index (χ2n) is 5.18. The number of ether oxygens (including phenoxy) is 1. The van der Waals surface area contributed by atoms with Gasteiger partial charge in [0.2, 0.25) is 0 Å². The van der Waals surface area contributed by atoms with Crippen LogP contribution in [0.15, 0.2) is 24.3 Å². The number of hydrogen-bond donors (Lipinski definition) is 1. The van der Waals surface area contributed by atoms with Gasteiger partial charge in [-0.15, -0.1) is 0 Å². The van der Waals surface area contributed by atoms with Crippen molar-refractivity contribution >= 4 is 0 Å². The number of rotatable bonds is 8. The summed E-state index contributed by atoms with van der Waals surface area (Å²) in [7, 11) is 0. The lowest BCUT2D eigenvalue weighted by Gasteiger charge is -2.14. The van der Waals surface area contributed by atoms with Gasteiger partial charge in [0.05, 0.1) is 6.61 Å². The zero-order valence-corrected chi connectivity index (χ0v) is 12.2. The molecule has 0 atom stereocenters. The fraction of sp³-hybridized carbons (Fsp3) is 0.625. The van der Waals surface area contributed by atoms with Gasteiger partial charge in [0.1, 0.15) is 5.75 Å². The molecule has 18 heavy (non-hydrogen) atoms. The molecule has 0 heterocycles. The van der Waals surface area contributed by atoms with Crippen molar-refractivity contribution in [3.05, 3.63) is 29.8 Å². The predicted molar refractivity (Wildman–Crippen MR) is 78.0 cm³/mol. The van der Waals surface area contributed by atoms with Crippen LogP contribution in [0, 0.1) is 5.92 Å². The van der Waals surface area contributed by atoms with Crippen molar-refractivity contribution in [2.24, 2.45) is 5.92 Å². The van der Waals surface area contributed by atoms with Crippen molar-refractivity contribution in [3.63, 3.8) is 0 Å². The first-order chi connectivity index (χ1) is 8.65. The average Bonchev–Trinajstić information content (AvgIpc) is 2.38. The topological polar surface area (TPSA) is 21.3 Å². The van der Waals surface area contributed by atoms with Gasteiger partial charge in [-0.2, -0.15) is 0 Å². The van der Waals surface area contributed by atoms with Gasteiger partial charge in [-0.3, -0.25) is 0 Å². The van der Waals surface area contributed by atoms with Crippen molar-refractivity contribution in [2.75, 3.05) is 6.61 Å². The third-order valence-electron chi connectivity index (χ3n) is 3.25. The summed E-state index contributed by atoms with van der Waals surface area (Å²) in [6.07, 6.45) is 2.37. The first-order valence-electron chi connectivity index (χ1n) is 7.10. The lowest BCUT2D eigenvalue weighted by atomic mass is 10.1. The molecule has 0 amide bonds. The highest BCUT2D eigenvalue weighted by molar-refractivity contribution is 5.28. The molecule has 0 aliphatic rings. The van der Waals surface area contributed by atoms with Gasteiger partial charge in [0, 0.05) is 12.6 Å². The smallest absolute Gasteiger partial charge is 0.119 e. The normalized spacial score (nSPS) is 11.2. The Kier molecular flexibility index (Phi) is 6.81. The second kappa shape index (κ2) is 8.15. The van der Waals surface area contributed by atoms with Crippen LogP contribution in [0.25, 0.3) is 0 Å².